The lowest BCUT2D eigenvalue weighted by atomic mass is 10.0. The molecule has 2 aromatic carbocycles. The van der Waals surface area contributed by atoms with Crippen molar-refractivity contribution in [2.75, 3.05) is 0 Å². The minimum Gasteiger partial charge on any atom is -0.326 e. The van der Waals surface area contributed by atoms with Crippen LogP contribution in [0.1, 0.15) is 46.7 Å². The highest BCUT2D eigenvalue weighted by Gasteiger charge is 2.26. The van der Waals surface area contributed by atoms with Crippen LogP contribution in [0.25, 0.3) is 0 Å². The second-order valence-electron chi connectivity index (χ2n) is 6.58. The van der Waals surface area contributed by atoms with Crippen LogP contribution < -0.4 is 0 Å². The Morgan fingerprint density at radius 2 is 1.79 bits per heavy atom. The van der Waals surface area contributed by atoms with E-state index in [1.165, 1.54) is 36.7 Å². The molecule has 0 aliphatic heterocycles. The van der Waals surface area contributed by atoms with E-state index in [1.54, 1.807) is 36.1 Å². The molecular weight excluding hydrogens is 360 g/mol. The summed E-state index contributed by atoms with van der Waals surface area (Å²) >= 11 is 0. The van der Waals surface area contributed by atoms with E-state index in [9.17, 15) is 13.6 Å². The smallest absolute Gasteiger partial charge is 0.274 e. The van der Waals surface area contributed by atoms with Crippen molar-refractivity contribution in [1.82, 2.24) is 14.9 Å². The van der Waals surface area contributed by atoms with Crippen LogP contribution in [0, 0.1) is 18.6 Å². The Labute approximate surface area is 162 Å². The summed E-state index contributed by atoms with van der Waals surface area (Å²) in [5.74, 6) is -1.02. The van der Waals surface area contributed by atoms with Crippen molar-refractivity contribution in [2.24, 2.45) is 0 Å². The fraction of sp³-hybridized carbons (Fsp3) is 0.227. The Hall–Kier alpha value is -3.15. The second kappa shape index (κ2) is 8.69. The quantitative estimate of drug-likeness (QED) is 0.613. The maximum absolute atomic E-state index is 13.7. The second-order valence-corrected chi connectivity index (χ2v) is 6.58. The van der Waals surface area contributed by atoms with Crippen LogP contribution in [0.2, 0.25) is 0 Å². The van der Waals surface area contributed by atoms with Gasteiger partial charge in [0.05, 0.1) is 17.9 Å². The van der Waals surface area contributed by atoms with Gasteiger partial charge >= 0.3 is 0 Å². The fourth-order valence-corrected chi connectivity index (χ4v) is 3.13. The van der Waals surface area contributed by atoms with Gasteiger partial charge in [-0.15, -0.1) is 0 Å². The third-order valence-corrected chi connectivity index (χ3v) is 4.52. The highest BCUT2D eigenvalue weighted by Crippen LogP contribution is 2.28. The molecule has 0 radical (unpaired) electrons. The van der Waals surface area contributed by atoms with Gasteiger partial charge in [0.1, 0.15) is 17.3 Å². The molecule has 0 spiro atoms. The van der Waals surface area contributed by atoms with Gasteiger partial charge in [-0.1, -0.05) is 31.2 Å². The lowest BCUT2D eigenvalue weighted by molar-refractivity contribution is 0.0645. The zero-order valence-corrected chi connectivity index (χ0v) is 15.8. The molecule has 6 heteroatoms. The average Bonchev–Trinajstić information content (AvgIpc) is 2.69. The van der Waals surface area contributed by atoms with E-state index < -0.39 is 0 Å². The fourth-order valence-electron chi connectivity index (χ4n) is 3.13. The van der Waals surface area contributed by atoms with E-state index >= 15 is 0 Å². The molecule has 0 aliphatic rings. The molecule has 0 fully saturated rings. The van der Waals surface area contributed by atoms with Crippen LogP contribution in [-0.2, 0) is 6.54 Å². The molecule has 0 saturated carbocycles. The van der Waals surface area contributed by atoms with Crippen LogP contribution in [0.15, 0.2) is 60.9 Å². The van der Waals surface area contributed by atoms with E-state index in [2.05, 4.69) is 9.97 Å². The SMILES string of the molecule is CCC(c1ccc(F)cc1)N(Cc1cccc(F)c1)C(=O)c1cnc(C)cn1. The Bertz CT molecular complexity index is 943. The van der Waals surface area contributed by atoms with E-state index in [0.717, 1.165) is 5.56 Å². The molecule has 0 aliphatic carbocycles. The van der Waals surface area contributed by atoms with E-state index in [-0.39, 0.29) is 35.8 Å². The molecule has 1 heterocycles. The number of halogens is 2. The number of rotatable bonds is 6. The first-order valence-corrected chi connectivity index (χ1v) is 9.07. The van der Waals surface area contributed by atoms with Gasteiger partial charge in [0.25, 0.3) is 5.91 Å². The van der Waals surface area contributed by atoms with Gasteiger partial charge < -0.3 is 4.90 Å². The van der Waals surface area contributed by atoms with Crippen LogP contribution >= 0.6 is 0 Å². The molecule has 0 N–H and O–H groups in total. The zero-order chi connectivity index (χ0) is 20.1. The third-order valence-electron chi connectivity index (χ3n) is 4.52. The largest absolute Gasteiger partial charge is 0.326 e. The number of carbonyl (C=O) groups excluding carboxylic acids is 1. The van der Waals surface area contributed by atoms with Crippen LogP contribution in [0.4, 0.5) is 8.78 Å². The molecule has 1 aromatic heterocycles. The summed E-state index contributed by atoms with van der Waals surface area (Å²) in [5, 5.41) is 0. The van der Waals surface area contributed by atoms with Gasteiger partial charge in [0, 0.05) is 12.7 Å². The van der Waals surface area contributed by atoms with Crippen molar-refractivity contribution in [3.05, 3.63) is 95.1 Å². The molecular formula is C22H21F2N3O. The standard InChI is InChI=1S/C22H21F2N3O/c1-3-21(17-7-9-18(23)10-8-17)27(14-16-5-4-6-19(24)11-16)22(28)20-13-25-15(2)12-26-20/h4-13,21H,3,14H2,1-2H3. The van der Waals surface area contributed by atoms with Crippen molar-refractivity contribution in [2.45, 2.75) is 32.9 Å². The van der Waals surface area contributed by atoms with Gasteiger partial charge in [0.2, 0.25) is 0 Å². The Kier molecular flexibility index (Phi) is 6.09. The summed E-state index contributed by atoms with van der Waals surface area (Å²) in [7, 11) is 0. The molecule has 144 valence electrons. The highest BCUT2D eigenvalue weighted by molar-refractivity contribution is 5.92. The molecule has 3 rings (SSSR count). The molecule has 1 unspecified atom stereocenters. The first kappa shape index (κ1) is 19.6. The van der Waals surface area contributed by atoms with Crippen LogP contribution in [-0.4, -0.2) is 20.8 Å². The number of carbonyl (C=O) groups is 1. The monoisotopic (exact) mass is 381 g/mol. The summed E-state index contributed by atoms with van der Waals surface area (Å²) in [4.78, 5) is 23.2. The minimum atomic E-state index is -0.366. The molecule has 1 atom stereocenters. The van der Waals surface area contributed by atoms with E-state index in [0.29, 0.717) is 17.7 Å². The van der Waals surface area contributed by atoms with Crippen LogP contribution in [0.3, 0.4) is 0 Å². The highest BCUT2D eigenvalue weighted by atomic mass is 19.1. The average molecular weight is 381 g/mol. The van der Waals surface area contributed by atoms with E-state index in [4.69, 9.17) is 0 Å². The number of hydrogen-bond donors (Lipinski definition) is 0. The van der Waals surface area contributed by atoms with Crippen molar-refractivity contribution in [1.29, 1.82) is 0 Å². The van der Waals surface area contributed by atoms with Crippen molar-refractivity contribution >= 4 is 5.91 Å². The van der Waals surface area contributed by atoms with Gasteiger partial charge in [-0.2, -0.15) is 0 Å². The summed E-state index contributed by atoms with van der Waals surface area (Å²) in [5.41, 5.74) is 2.38. The normalized spacial score (nSPS) is 11.9. The maximum Gasteiger partial charge on any atom is 0.274 e. The maximum atomic E-state index is 13.7. The predicted octanol–water partition coefficient (Wildman–Crippen LogP) is 4.86. The van der Waals surface area contributed by atoms with Gasteiger partial charge in [-0.25, -0.2) is 13.8 Å². The van der Waals surface area contributed by atoms with E-state index in [1.807, 2.05) is 6.92 Å². The van der Waals surface area contributed by atoms with Gasteiger partial charge in [-0.05, 0) is 48.7 Å². The van der Waals surface area contributed by atoms with Crippen molar-refractivity contribution < 1.29 is 13.6 Å². The topological polar surface area (TPSA) is 46.1 Å². The molecule has 0 saturated heterocycles. The van der Waals surface area contributed by atoms with Gasteiger partial charge in [0.15, 0.2) is 0 Å². The molecule has 4 nitrogen and oxygen atoms in total. The number of aromatic nitrogens is 2. The number of nitrogens with zero attached hydrogens (tertiary/aromatic N) is 3. The molecule has 28 heavy (non-hydrogen) atoms. The predicted molar refractivity (Wildman–Crippen MR) is 102 cm³/mol. The summed E-state index contributed by atoms with van der Waals surface area (Å²) < 4.78 is 27.0. The van der Waals surface area contributed by atoms with Crippen molar-refractivity contribution in [3.8, 4) is 0 Å². The minimum absolute atomic E-state index is 0.196. The number of hydrogen-bond acceptors (Lipinski definition) is 3. The lowest BCUT2D eigenvalue weighted by Crippen LogP contribution is -2.35. The molecule has 1 amide bonds. The lowest BCUT2D eigenvalue weighted by Gasteiger charge is -2.31. The summed E-state index contributed by atoms with van der Waals surface area (Å²) in [6.07, 6.45) is 3.58. The number of aryl methyl sites for hydroxylation is 1. The number of amides is 1. The van der Waals surface area contributed by atoms with Crippen molar-refractivity contribution in [3.63, 3.8) is 0 Å². The first-order chi connectivity index (χ1) is 13.5. The molecule has 0 bridgehead atoms. The Morgan fingerprint density at radius 3 is 2.39 bits per heavy atom. The number of benzene rings is 2. The van der Waals surface area contributed by atoms with Gasteiger partial charge in [-0.3, -0.25) is 9.78 Å². The Morgan fingerprint density at radius 1 is 1.04 bits per heavy atom. The summed E-state index contributed by atoms with van der Waals surface area (Å²) in [6, 6.07) is 11.9. The summed E-state index contributed by atoms with van der Waals surface area (Å²) in [6.45, 7) is 3.93. The Balaban J connectivity index is 2.00. The molecule has 3 aromatic rings. The zero-order valence-electron chi connectivity index (χ0n) is 15.8. The first-order valence-electron chi connectivity index (χ1n) is 9.07. The third kappa shape index (κ3) is 4.57. The van der Waals surface area contributed by atoms with Crippen LogP contribution in [0.5, 0.6) is 0 Å².